The van der Waals surface area contributed by atoms with Crippen molar-refractivity contribution < 1.29 is 14.3 Å². The SMILES string of the molecule is Cc1ccc(OCCNC(=O)[C@@H](NC(=O)C23CC4CC(CC(C4)C2)C3)C(C)C)cc1. The quantitative estimate of drug-likeness (QED) is 0.638. The second-order valence-corrected chi connectivity index (χ2v) is 10.3. The first kappa shape index (κ1) is 21.2. The summed E-state index contributed by atoms with van der Waals surface area (Å²) in [5.41, 5.74) is 0.960. The van der Waals surface area contributed by atoms with Crippen LogP contribution < -0.4 is 15.4 Å². The van der Waals surface area contributed by atoms with E-state index in [1.54, 1.807) is 0 Å². The molecule has 4 bridgehead atoms. The predicted octanol–water partition coefficient (Wildman–Crippen LogP) is 3.85. The van der Waals surface area contributed by atoms with Gasteiger partial charge in [-0.15, -0.1) is 0 Å². The maximum absolute atomic E-state index is 13.3. The molecule has 0 aromatic heterocycles. The molecule has 0 unspecified atom stereocenters. The van der Waals surface area contributed by atoms with Crippen molar-refractivity contribution in [2.75, 3.05) is 13.2 Å². The van der Waals surface area contributed by atoms with Crippen LogP contribution in [0.1, 0.15) is 57.9 Å². The van der Waals surface area contributed by atoms with Gasteiger partial charge >= 0.3 is 0 Å². The molecular weight excluding hydrogens is 376 g/mol. The lowest BCUT2D eigenvalue weighted by molar-refractivity contribution is -0.149. The van der Waals surface area contributed by atoms with Crippen LogP contribution in [0.4, 0.5) is 0 Å². The summed E-state index contributed by atoms with van der Waals surface area (Å²) in [6, 6.07) is 7.37. The highest BCUT2D eigenvalue weighted by Gasteiger charge is 2.55. The van der Waals surface area contributed by atoms with Crippen LogP contribution in [0.2, 0.25) is 0 Å². The van der Waals surface area contributed by atoms with Crippen LogP contribution in [-0.4, -0.2) is 31.0 Å². The summed E-state index contributed by atoms with van der Waals surface area (Å²) >= 11 is 0. The lowest BCUT2D eigenvalue weighted by Gasteiger charge is -2.55. The Labute approximate surface area is 180 Å². The third-order valence-corrected chi connectivity index (χ3v) is 7.45. The summed E-state index contributed by atoms with van der Waals surface area (Å²) in [6.07, 6.45) is 6.97. The fourth-order valence-electron chi connectivity index (χ4n) is 6.31. The number of amides is 2. The average molecular weight is 413 g/mol. The van der Waals surface area contributed by atoms with E-state index in [-0.39, 0.29) is 23.1 Å². The number of carbonyl (C=O) groups is 2. The van der Waals surface area contributed by atoms with E-state index in [0.29, 0.717) is 30.9 Å². The lowest BCUT2D eigenvalue weighted by atomic mass is 9.49. The molecule has 0 aliphatic heterocycles. The van der Waals surface area contributed by atoms with E-state index in [1.807, 2.05) is 45.0 Å². The number of hydrogen-bond acceptors (Lipinski definition) is 3. The van der Waals surface area contributed by atoms with Crippen molar-refractivity contribution in [3.8, 4) is 5.75 Å². The molecule has 2 amide bonds. The molecule has 0 heterocycles. The Morgan fingerprint density at radius 3 is 2.13 bits per heavy atom. The van der Waals surface area contributed by atoms with Gasteiger partial charge in [0, 0.05) is 5.41 Å². The zero-order chi connectivity index (χ0) is 21.3. The van der Waals surface area contributed by atoms with Gasteiger partial charge in [-0.3, -0.25) is 9.59 Å². The van der Waals surface area contributed by atoms with Crippen LogP contribution in [0.15, 0.2) is 24.3 Å². The molecule has 4 aliphatic carbocycles. The van der Waals surface area contributed by atoms with Gasteiger partial charge in [0.2, 0.25) is 11.8 Å². The van der Waals surface area contributed by atoms with Crippen LogP contribution in [0.5, 0.6) is 5.75 Å². The third-order valence-electron chi connectivity index (χ3n) is 7.45. The standard InChI is InChI=1S/C25H36N2O3/c1-16(2)22(23(28)26-8-9-30-21-6-4-17(3)5-7-21)27-24(29)25-13-18-10-19(14-25)12-20(11-18)15-25/h4-7,16,18-20,22H,8-15H2,1-3H3,(H,26,28)(H,27,29)/t18?,19?,20?,22-,25?/m0/s1. The third kappa shape index (κ3) is 4.50. The lowest BCUT2D eigenvalue weighted by Crippen LogP contribution is -2.58. The normalized spacial score (nSPS) is 30.2. The molecule has 5 heteroatoms. The van der Waals surface area contributed by atoms with Gasteiger partial charge in [0.05, 0.1) is 6.54 Å². The van der Waals surface area contributed by atoms with E-state index < -0.39 is 6.04 Å². The van der Waals surface area contributed by atoms with E-state index in [0.717, 1.165) is 25.0 Å². The van der Waals surface area contributed by atoms with Crippen LogP contribution in [0, 0.1) is 36.0 Å². The van der Waals surface area contributed by atoms with Crippen LogP contribution >= 0.6 is 0 Å². The molecule has 4 saturated carbocycles. The molecule has 5 rings (SSSR count). The Morgan fingerprint density at radius 1 is 1.03 bits per heavy atom. The minimum Gasteiger partial charge on any atom is -0.492 e. The molecule has 2 N–H and O–H groups in total. The molecule has 1 aromatic rings. The van der Waals surface area contributed by atoms with Crippen LogP contribution in [0.25, 0.3) is 0 Å². The molecule has 0 spiro atoms. The first-order chi connectivity index (χ1) is 14.3. The van der Waals surface area contributed by atoms with Crippen LogP contribution in [0.3, 0.4) is 0 Å². The summed E-state index contributed by atoms with van der Waals surface area (Å²) in [5.74, 6) is 2.99. The smallest absolute Gasteiger partial charge is 0.242 e. The van der Waals surface area contributed by atoms with Gasteiger partial charge in [-0.2, -0.15) is 0 Å². The zero-order valence-corrected chi connectivity index (χ0v) is 18.6. The van der Waals surface area contributed by atoms with Gasteiger partial charge < -0.3 is 15.4 Å². The average Bonchev–Trinajstić information content (AvgIpc) is 2.69. The van der Waals surface area contributed by atoms with Gasteiger partial charge in [0.1, 0.15) is 18.4 Å². The molecule has 4 fully saturated rings. The second-order valence-electron chi connectivity index (χ2n) is 10.3. The van der Waals surface area contributed by atoms with E-state index in [4.69, 9.17) is 4.74 Å². The maximum atomic E-state index is 13.3. The van der Waals surface area contributed by atoms with Crippen molar-refractivity contribution in [3.63, 3.8) is 0 Å². The number of hydrogen-bond donors (Lipinski definition) is 2. The van der Waals surface area contributed by atoms with Gasteiger partial charge in [0.25, 0.3) is 0 Å². The van der Waals surface area contributed by atoms with Crippen LogP contribution in [-0.2, 0) is 9.59 Å². The topological polar surface area (TPSA) is 67.4 Å². The first-order valence-electron chi connectivity index (χ1n) is 11.6. The van der Waals surface area contributed by atoms with Crippen molar-refractivity contribution in [2.45, 2.75) is 65.3 Å². The summed E-state index contributed by atoms with van der Waals surface area (Å²) in [5, 5.41) is 6.09. The summed E-state index contributed by atoms with van der Waals surface area (Å²) in [6.45, 7) is 6.85. The molecule has 0 radical (unpaired) electrons. The second kappa shape index (κ2) is 8.60. The molecular formula is C25H36N2O3. The van der Waals surface area contributed by atoms with E-state index in [2.05, 4.69) is 10.6 Å². The van der Waals surface area contributed by atoms with E-state index in [1.165, 1.54) is 24.8 Å². The fourth-order valence-corrected chi connectivity index (χ4v) is 6.31. The molecule has 0 saturated heterocycles. The van der Waals surface area contributed by atoms with Crippen molar-refractivity contribution >= 4 is 11.8 Å². The first-order valence-corrected chi connectivity index (χ1v) is 11.6. The minimum atomic E-state index is -0.495. The van der Waals surface area contributed by atoms with E-state index >= 15 is 0 Å². The Balaban J connectivity index is 1.29. The fraction of sp³-hybridized carbons (Fsp3) is 0.680. The molecule has 4 aliphatic rings. The number of nitrogens with one attached hydrogen (secondary N) is 2. The Kier molecular flexibility index (Phi) is 6.08. The van der Waals surface area contributed by atoms with Gasteiger partial charge in [-0.1, -0.05) is 31.5 Å². The van der Waals surface area contributed by atoms with Gasteiger partial charge in [-0.05, 0) is 81.3 Å². The van der Waals surface area contributed by atoms with Crippen molar-refractivity contribution in [1.82, 2.24) is 10.6 Å². The Bertz CT molecular complexity index is 736. The predicted molar refractivity (Wildman–Crippen MR) is 117 cm³/mol. The summed E-state index contributed by atoms with van der Waals surface area (Å²) in [4.78, 5) is 26.2. The number of aryl methyl sites for hydroxylation is 1. The molecule has 30 heavy (non-hydrogen) atoms. The molecule has 5 nitrogen and oxygen atoms in total. The molecule has 1 aromatic carbocycles. The zero-order valence-electron chi connectivity index (χ0n) is 18.6. The van der Waals surface area contributed by atoms with Gasteiger partial charge in [-0.25, -0.2) is 0 Å². The van der Waals surface area contributed by atoms with E-state index in [9.17, 15) is 9.59 Å². The maximum Gasteiger partial charge on any atom is 0.242 e. The van der Waals surface area contributed by atoms with Crippen molar-refractivity contribution in [1.29, 1.82) is 0 Å². The molecule has 164 valence electrons. The van der Waals surface area contributed by atoms with Gasteiger partial charge in [0.15, 0.2) is 0 Å². The number of rotatable bonds is 8. The summed E-state index contributed by atoms with van der Waals surface area (Å²) in [7, 11) is 0. The number of carbonyl (C=O) groups excluding carboxylic acids is 2. The Hall–Kier alpha value is -2.04. The highest BCUT2D eigenvalue weighted by molar-refractivity contribution is 5.90. The largest absolute Gasteiger partial charge is 0.492 e. The summed E-state index contributed by atoms with van der Waals surface area (Å²) < 4.78 is 5.70. The molecule has 1 atom stereocenters. The number of ether oxygens (including phenoxy) is 1. The highest BCUT2D eigenvalue weighted by atomic mass is 16.5. The Morgan fingerprint density at radius 2 is 1.60 bits per heavy atom. The number of benzene rings is 1. The minimum absolute atomic E-state index is 0.0425. The highest BCUT2D eigenvalue weighted by Crippen LogP contribution is 2.60. The van der Waals surface area contributed by atoms with Crippen molar-refractivity contribution in [3.05, 3.63) is 29.8 Å². The van der Waals surface area contributed by atoms with Crippen molar-refractivity contribution in [2.24, 2.45) is 29.1 Å². The monoisotopic (exact) mass is 412 g/mol.